The molecular weight excluding hydrogens is 402 g/mol. The van der Waals surface area contributed by atoms with E-state index in [-0.39, 0.29) is 6.03 Å². The number of carbonyl (C=O) groups is 1. The predicted octanol–water partition coefficient (Wildman–Crippen LogP) is 4.63. The monoisotopic (exact) mass is 425 g/mol. The van der Waals surface area contributed by atoms with Crippen LogP contribution in [0.4, 0.5) is 16.3 Å². The molecule has 4 aromatic rings. The molecule has 0 aliphatic rings. The summed E-state index contributed by atoms with van der Waals surface area (Å²) in [7, 11) is 0. The van der Waals surface area contributed by atoms with Gasteiger partial charge in [-0.15, -0.1) is 0 Å². The summed E-state index contributed by atoms with van der Waals surface area (Å²) < 4.78 is 5.96. The maximum absolute atomic E-state index is 12.1. The molecule has 0 atom stereocenters. The number of nitrogen functional groups attached to an aromatic ring is 1. The zero-order valence-corrected chi connectivity index (χ0v) is 17.4. The molecule has 0 aliphatic heterocycles. The zero-order chi connectivity index (χ0) is 22.2. The van der Waals surface area contributed by atoms with Gasteiger partial charge >= 0.3 is 6.03 Å². The molecule has 7 heteroatoms. The van der Waals surface area contributed by atoms with Crippen LogP contribution in [0.25, 0.3) is 11.1 Å². The van der Waals surface area contributed by atoms with Gasteiger partial charge in [-0.1, -0.05) is 30.3 Å². The Bertz CT molecular complexity index is 1160. The molecule has 0 aliphatic carbocycles. The molecule has 0 radical (unpaired) electrons. The molecule has 0 unspecified atom stereocenters. The Morgan fingerprint density at radius 3 is 2.53 bits per heavy atom. The van der Waals surface area contributed by atoms with Gasteiger partial charge in [0, 0.05) is 36.4 Å². The number of ether oxygens (including phenoxy) is 1. The van der Waals surface area contributed by atoms with E-state index in [1.807, 2.05) is 54.6 Å². The first-order chi connectivity index (χ1) is 15.7. The van der Waals surface area contributed by atoms with E-state index >= 15 is 0 Å². The largest absolute Gasteiger partial charge is 0.489 e. The van der Waals surface area contributed by atoms with Crippen LogP contribution in [0.1, 0.15) is 11.1 Å². The normalized spacial score (nSPS) is 10.4. The van der Waals surface area contributed by atoms with Crippen molar-refractivity contribution in [3.63, 3.8) is 0 Å². The van der Waals surface area contributed by atoms with E-state index in [1.165, 1.54) is 0 Å². The lowest BCUT2D eigenvalue weighted by Gasteiger charge is -2.12. The van der Waals surface area contributed by atoms with E-state index in [0.717, 1.165) is 22.3 Å². The Morgan fingerprint density at radius 2 is 1.78 bits per heavy atom. The molecule has 2 amide bonds. The van der Waals surface area contributed by atoms with Gasteiger partial charge in [-0.25, -0.2) is 9.78 Å². The van der Waals surface area contributed by atoms with E-state index in [1.54, 1.807) is 36.8 Å². The Balaban J connectivity index is 1.33. The number of pyridine rings is 2. The van der Waals surface area contributed by atoms with E-state index < -0.39 is 0 Å². The van der Waals surface area contributed by atoms with Crippen LogP contribution in [-0.2, 0) is 13.2 Å². The summed E-state index contributed by atoms with van der Waals surface area (Å²) in [6.45, 7) is 0.808. The fraction of sp³-hybridized carbons (Fsp3) is 0.0800. The quantitative estimate of drug-likeness (QED) is 0.401. The first kappa shape index (κ1) is 20.9. The number of nitrogens with zero attached hydrogens (tertiary/aromatic N) is 2. The van der Waals surface area contributed by atoms with Crippen LogP contribution in [-0.4, -0.2) is 16.0 Å². The minimum absolute atomic E-state index is 0.284. The lowest BCUT2D eigenvalue weighted by Crippen LogP contribution is -2.28. The minimum Gasteiger partial charge on any atom is -0.489 e. The SMILES string of the molecule is Nc1ccc(-c2ccccc2COc2ccc(NC(=O)NCc3cccnc3)cc2)cn1. The second-order valence-corrected chi connectivity index (χ2v) is 7.11. The number of hydrogen-bond acceptors (Lipinski definition) is 5. The standard InChI is InChI=1S/C25H23N5O2/c26-24-12-7-19(16-28-24)23-6-2-1-5-20(23)17-32-22-10-8-21(9-11-22)30-25(31)29-15-18-4-3-13-27-14-18/h1-14,16H,15,17H2,(H2,26,28)(H2,29,30,31). The molecule has 0 fully saturated rings. The molecule has 7 nitrogen and oxygen atoms in total. The molecule has 0 bridgehead atoms. The number of nitrogens with two attached hydrogens (primary N) is 1. The fourth-order valence-corrected chi connectivity index (χ4v) is 3.15. The van der Waals surface area contributed by atoms with Crippen LogP contribution >= 0.6 is 0 Å². The minimum atomic E-state index is -0.284. The highest BCUT2D eigenvalue weighted by molar-refractivity contribution is 5.89. The Hall–Kier alpha value is -4.39. The van der Waals surface area contributed by atoms with E-state index in [4.69, 9.17) is 10.5 Å². The molecule has 0 spiro atoms. The summed E-state index contributed by atoms with van der Waals surface area (Å²) in [5.41, 5.74) is 10.4. The molecule has 4 rings (SSSR count). The number of nitrogens with one attached hydrogen (secondary N) is 2. The van der Waals surface area contributed by atoms with Crippen LogP contribution in [0.3, 0.4) is 0 Å². The summed E-state index contributed by atoms with van der Waals surface area (Å²) in [5, 5.41) is 5.60. The molecule has 0 saturated carbocycles. The highest BCUT2D eigenvalue weighted by Gasteiger charge is 2.07. The maximum atomic E-state index is 12.1. The molecule has 2 heterocycles. The summed E-state index contributed by atoms with van der Waals surface area (Å²) in [6.07, 6.45) is 5.17. The first-order valence-electron chi connectivity index (χ1n) is 10.1. The van der Waals surface area contributed by atoms with Crippen molar-refractivity contribution in [3.05, 3.63) is 103 Å². The molecule has 0 saturated heterocycles. The average Bonchev–Trinajstić information content (AvgIpc) is 2.84. The zero-order valence-electron chi connectivity index (χ0n) is 17.4. The third-order valence-electron chi connectivity index (χ3n) is 4.80. The number of urea groups is 1. The van der Waals surface area contributed by atoms with Crippen molar-refractivity contribution in [2.24, 2.45) is 0 Å². The van der Waals surface area contributed by atoms with E-state index in [0.29, 0.717) is 30.4 Å². The number of anilines is 2. The van der Waals surface area contributed by atoms with Crippen molar-refractivity contribution in [2.45, 2.75) is 13.2 Å². The summed E-state index contributed by atoms with van der Waals surface area (Å²) in [6, 6.07) is 22.4. The maximum Gasteiger partial charge on any atom is 0.319 e. The van der Waals surface area contributed by atoms with Gasteiger partial charge in [0.25, 0.3) is 0 Å². The lowest BCUT2D eigenvalue weighted by molar-refractivity contribution is 0.251. The van der Waals surface area contributed by atoms with Crippen LogP contribution in [0, 0.1) is 0 Å². The number of benzene rings is 2. The highest BCUT2D eigenvalue weighted by Crippen LogP contribution is 2.25. The van der Waals surface area contributed by atoms with Gasteiger partial charge in [-0.2, -0.15) is 0 Å². The third kappa shape index (κ3) is 5.60. The summed E-state index contributed by atoms with van der Waals surface area (Å²) in [4.78, 5) is 20.3. The molecule has 2 aromatic heterocycles. The van der Waals surface area contributed by atoms with Gasteiger partial charge in [0.05, 0.1) is 0 Å². The predicted molar refractivity (Wildman–Crippen MR) is 125 cm³/mol. The number of aromatic nitrogens is 2. The number of rotatable bonds is 7. The smallest absolute Gasteiger partial charge is 0.319 e. The van der Waals surface area contributed by atoms with Crippen LogP contribution in [0.2, 0.25) is 0 Å². The van der Waals surface area contributed by atoms with Crippen molar-refractivity contribution in [3.8, 4) is 16.9 Å². The topological polar surface area (TPSA) is 102 Å². The highest BCUT2D eigenvalue weighted by atomic mass is 16.5. The Labute approximate surface area is 186 Å². The van der Waals surface area contributed by atoms with Crippen molar-refractivity contribution in [1.82, 2.24) is 15.3 Å². The van der Waals surface area contributed by atoms with Crippen LogP contribution < -0.4 is 21.1 Å². The molecule has 32 heavy (non-hydrogen) atoms. The number of hydrogen-bond donors (Lipinski definition) is 3. The van der Waals surface area contributed by atoms with Crippen molar-refractivity contribution in [1.29, 1.82) is 0 Å². The van der Waals surface area contributed by atoms with Gasteiger partial charge in [0.2, 0.25) is 0 Å². The van der Waals surface area contributed by atoms with Gasteiger partial charge < -0.3 is 21.1 Å². The first-order valence-corrected chi connectivity index (χ1v) is 10.1. The van der Waals surface area contributed by atoms with Crippen molar-refractivity contribution in [2.75, 3.05) is 11.1 Å². The number of carbonyl (C=O) groups excluding carboxylic acids is 1. The van der Waals surface area contributed by atoms with Gasteiger partial charge in [0.15, 0.2) is 0 Å². The number of amides is 2. The van der Waals surface area contributed by atoms with Crippen LogP contribution in [0.5, 0.6) is 5.75 Å². The van der Waals surface area contributed by atoms with Crippen molar-refractivity contribution < 1.29 is 9.53 Å². The van der Waals surface area contributed by atoms with E-state index in [9.17, 15) is 4.79 Å². The van der Waals surface area contributed by atoms with Crippen LogP contribution in [0.15, 0.2) is 91.4 Å². The lowest BCUT2D eigenvalue weighted by atomic mass is 10.0. The summed E-state index contributed by atoms with van der Waals surface area (Å²) in [5.74, 6) is 1.19. The second kappa shape index (κ2) is 10.1. The Morgan fingerprint density at radius 1 is 0.938 bits per heavy atom. The third-order valence-corrected chi connectivity index (χ3v) is 4.80. The molecule has 2 aromatic carbocycles. The Kier molecular flexibility index (Phi) is 6.57. The molecule has 160 valence electrons. The van der Waals surface area contributed by atoms with Gasteiger partial charge in [0.1, 0.15) is 18.2 Å². The molecular formula is C25H23N5O2. The molecule has 4 N–H and O–H groups in total. The van der Waals surface area contributed by atoms with E-state index in [2.05, 4.69) is 20.6 Å². The fourth-order valence-electron chi connectivity index (χ4n) is 3.15. The van der Waals surface area contributed by atoms with Crippen molar-refractivity contribution >= 4 is 17.5 Å². The summed E-state index contributed by atoms with van der Waals surface area (Å²) >= 11 is 0. The van der Waals surface area contributed by atoms with Gasteiger partial charge in [-0.3, -0.25) is 4.98 Å². The average molecular weight is 425 g/mol. The second-order valence-electron chi connectivity index (χ2n) is 7.11. The van der Waals surface area contributed by atoms with Gasteiger partial charge in [-0.05, 0) is 59.2 Å².